The highest BCUT2D eigenvalue weighted by Gasteiger charge is 2.21. The zero-order valence-corrected chi connectivity index (χ0v) is 14.6. The first-order chi connectivity index (χ1) is 11.6. The first-order valence-corrected chi connectivity index (χ1v) is 8.47. The van der Waals surface area contributed by atoms with Crippen molar-refractivity contribution < 1.29 is 9.59 Å². The molecule has 0 fully saturated rings. The van der Waals surface area contributed by atoms with E-state index < -0.39 is 11.3 Å². The molecule has 0 aromatic carbocycles. The van der Waals surface area contributed by atoms with E-state index in [-0.39, 0.29) is 5.91 Å². The number of aromatic nitrogens is 4. The van der Waals surface area contributed by atoms with E-state index in [0.717, 1.165) is 24.4 Å². The van der Waals surface area contributed by atoms with Crippen molar-refractivity contribution in [1.82, 2.24) is 30.4 Å². The van der Waals surface area contributed by atoms with Gasteiger partial charge in [-0.25, -0.2) is 4.79 Å². The molecule has 0 aliphatic rings. The van der Waals surface area contributed by atoms with E-state index in [9.17, 15) is 9.59 Å². The van der Waals surface area contributed by atoms with Crippen LogP contribution in [0.25, 0.3) is 11.4 Å². The second-order valence-corrected chi connectivity index (χ2v) is 6.33. The van der Waals surface area contributed by atoms with E-state index in [1.165, 1.54) is 18.8 Å². The van der Waals surface area contributed by atoms with Gasteiger partial charge in [0.05, 0.1) is 5.25 Å². The monoisotopic (exact) mass is 348 g/mol. The Hall–Kier alpha value is -2.42. The fourth-order valence-electron chi connectivity index (χ4n) is 2.00. The molecule has 24 heavy (non-hydrogen) atoms. The molecule has 2 aromatic heterocycles. The summed E-state index contributed by atoms with van der Waals surface area (Å²) in [6.07, 6.45) is 4.31. The third-order valence-electron chi connectivity index (χ3n) is 3.22. The molecule has 0 aliphatic carbocycles. The Balaban J connectivity index is 2.20. The molecule has 0 unspecified atom stereocenters. The van der Waals surface area contributed by atoms with Crippen molar-refractivity contribution in [3.05, 3.63) is 24.5 Å². The SMILES string of the molecule is CCCn1c(S[C@H](C)C(=O)NC(=O)NC)nnc1-c1ccncc1. The van der Waals surface area contributed by atoms with Crippen LogP contribution in [0.15, 0.2) is 29.7 Å². The summed E-state index contributed by atoms with van der Waals surface area (Å²) >= 11 is 1.27. The number of hydrogen-bond acceptors (Lipinski definition) is 6. The summed E-state index contributed by atoms with van der Waals surface area (Å²) in [4.78, 5) is 27.3. The highest BCUT2D eigenvalue weighted by molar-refractivity contribution is 8.00. The normalized spacial score (nSPS) is 11.8. The molecule has 3 amide bonds. The van der Waals surface area contributed by atoms with Crippen LogP contribution < -0.4 is 10.6 Å². The van der Waals surface area contributed by atoms with Gasteiger partial charge in [0.1, 0.15) is 0 Å². The summed E-state index contributed by atoms with van der Waals surface area (Å²) in [5.41, 5.74) is 0.917. The van der Waals surface area contributed by atoms with Gasteiger partial charge in [-0.3, -0.25) is 15.1 Å². The number of rotatable bonds is 6. The molecule has 0 saturated heterocycles. The number of amides is 3. The lowest BCUT2D eigenvalue weighted by atomic mass is 10.2. The van der Waals surface area contributed by atoms with Crippen LogP contribution >= 0.6 is 11.8 Å². The van der Waals surface area contributed by atoms with Gasteiger partial charge in [-0.2, -0.15) is 0 Å². The second-order valence-electron chi connectivity index (χ2n) is 5.02. The number of pyridine rings is 1. The summed E-state index contributed by atoms with van der Waals surface area (Å²) in [6.45, 7) is 4.52. The Morgan fingerprint density at radius 3 is 2.62 bits per heavy atom. The Labute approximate surface area is 144 Å². The fourth-order valence-corrected chi connectivity index (χ4v) is 2.88. The quantitative estimate of drug-likeness (QED) is 0.770. The molecule has 0 bridgehead atoms. The van der Waals surface area contributed by atoms with Crippen LogP contribution in [-0.4, -0.2) is 44.0 Å². The van der Waals surface area contributed by atoms with E-state index in [2.05, 4.69) is 32.7 Å². The van der Waals surface area contributed by atoms with Gasteiger partial charge >= 0.3 is 6.03 Å². The minimum Gasteiger partial charge on any atom is -0.341 e. The largest absolute Gasteiger partial charge is 0.341 e. The molecule has 8 nitrogen and oxygen atoms in total. The standard InChI is InChI=1S/C15H20N6O2S/c1-4-9-21-12(11-5-7-17-8-6-11)19-20-15(21)24-10(2)13(22)18-14(23)16-3/h5-8,10H,4,9H2,1-3H3,(H2,16,18,22,23)/t10-/m1/s1. The predicted molar refractivity (Wildman–Crippen MR) is 91.5 cm³/mol. The number of nitrogens with zero attached hydrogens (tertiary/aromatic N) is 4. The number of hydrogen-bond donors (Lipinski definition) is 2. The number of urea groups is 1. The van der Waals surface area contributed by atoms with Gasteiger partial charge < -0.3 is 9.88 Å². The van der Waals surface area contributed by atoms with Crippen molar-refractivity contribution in [3.8, 4) is 11.4 Å². The molecule has 2 heterocycles. The van der Waals surface area contributed by atoms with Gasteiger partial charge in [-0.1, -0.05) is 18.7 Å². The van der Waals surface area contributed by atoms with E-state index in [0.29, 0.717) is 5.16 Å². The Bertz CT molecular complexity index is 703. The van der Waals surface area contributed by atoms with Crippen LogP contribution in [0.2, 0.25) is 0 Å². The lowest BCUT2D eigenvalue weighted by Gasteiger charge is -2.12. The number of thioether (sulfide) groups is 1. The van der Waals surface area contributed by atoms with Crippen molar-refractivity contribution in [2.24, 2.45) is 0 Å². The summed E-state index contributed by atoms with van der Waals surface area (Å²) in [5, 5.41) is 13.2. The van der Waals surface area contributed by atoms with Gasteiger partial charge in [-0.05, 0) is 25.5 Å². The molecule has 1 atom stereocenters. The second kappa shape index (κ2) is 8.44. The van der Waals surface area contributed by atoms with Gasteiger partial charge in [-0.15, -0.1) is 10.2 Å². The third-order valence-corrected chi connectivity index (χ3v) is 4.30. The maximum absolute atomic E-state index is 12.0. The number of nitrogens with one attached hydrogen (secondary N) is 2. The Morgan fingerprint density at radius 2 is 2.00 bits per heavy atom. The lowest BCUT2D eigenvalue weighted by molar-refractivity contribution is -0.119. The van der Waals surface area contributed by atoms with Crippen molar-refractivity contribution in [3.63, 3.8) is 0 Å². The molecule has 2 N–H and O–H groups in total. The minimum absolute atomic E-state index is 0.379. The third kappa shape index (κ3) is 4.31. The Kier molecular flexibility index (Phi) is 6.30. The molecule has 0 radical (unpaired) electrons. The van der Waals surface area contributed by atoms with Crippen LogP contribution in [0, 0.1) is 0 Å². The topological polar surface area (TPSA) is 102 Å². The molecule has 2 aromatic rings. The highest BCUT2D eigenvalue weighted by Crippen LogP contribution is 2.26. The van der Waals surface area contributed by atoms with Gasteiger partial charge in [0.2, 0.25) is 5.91 Å². The lowest BCUT2D eigenvalue weighted by Crippen LogP contribution is -2.41. The molecular weight excluding hydrogens is 328 g/mol. The van der Waals surface area contributed by atoms with Crippen LogP contribution in [0.3, 0.4) is 0 Å². The summed E-state index contributed by atoms with van der Waals surface area (Å²) in [6, 6.07) is 3.21. The van der Waals surface area contributed by atoms with E-state index in [1.54, 1.807) is 19.3 Å². The summed E-state index contributed by atoms with van der Waals surface area (Å²) < 4.78 is 1.98. The van der Waals surface area contributed by atoms with Crippen LogP contribution in [0.5, 0.6) is 0 Å². The zero-order valence-electron chi connectivity index (χ0n) is 13.8. The van der Waals surface area contributed by atoms with Crippen molar-refractivity contribution >= 4 is 23.7 Å². The average Bonchev–Trinajstić information content (AvgIpc) is 2.98. The highest BCUT2D eigenvalue weighted by atomic mass is 32.2. The smallest absolute Gasteiger partial charge is 0.321 e. The maximum Gasteiger partial charge on any atom is 0.321 e. The first kappa shape index (κ1) is 17.9. The van der Waals surface area contributed by atoms with Crippen LogP contribution in [0.1, 0.15) is 20.3 Å². The van der Waals surface area contributed by atoms with E-state index in [1.807, 2.05) is 16.7 Å². The number of carbonyl (C=O) groups is 2. The maximum atomic E-state index is 12.0. The zero-order chi connectivity index (χ0) is 17.5. The summed E-state index contributed by atoms with van der Waals surface area (Å²) in [5.74, 6) is 0.358. The molecule has 128 valence electrons. The Morgan fingerprint density at radius 1 is 1.29 bits per heavy atom. The van der Waals surface area contributed by atoms with E-state index in [4.69, 9.17) is 0 Å². The van der Waals surface area contributed by atoms with Crippen LogP contribution in [0.4, 0.5) is 4.79 Å². The van der Waals surface area contributed by atoms with Crippen molar-refractivity contribution in [1.29, 1.82) is 0 Å². The van der Waals surface area contributed by atoms with Gasteiger partial charge in [0.25, 0.3) is 0 Å². The van der Waals surface area contributed by atoms with Crippen molar-refractivity contribution in [2.45, 2.75) is 37.2 Å². The van der Waals surface area contributed by atoms with Crippen molar-refractivity contribution in [2.75, 3.05) is 7.05 Å². The number of carbonyl (C=O) groups excluding carboxylic acids is 2. The molecule has 9 heteroatoms. The van der Waals surface area contributed by atoms with Crippen LogP contribution in [-0.2, 0) is 11.3 Å². The molecular formula is C15H20N6O2S. The predicted octanol–water partition coefficient (Wildman–Crippen LogP) is 1.69. The van der Waals surface area contributed by atoms with Gasteiger partial charge in [0.15, 0.2) is 11.0 Å². The molecule has 0 saturated carbocycles. The molecule has 0 aliphatic heterocycles. The first-order valence-electron chi connectivity index (χ1n) is 7.59. The minimum atomic E-state index is -0.528. The molecule has 0 spiro atoms. The van der Waals surface area contributed by atoms with E-state index >= 15 is 0 Å². The average molecular weight is 348 g/mol. The fraction of sp³-hybridized carbons (Fsp3) is 0.400. The van der Waals surface area contributed by atoms with Gasteiger partial charge in [0, 0.05) is 31.5 Å². The summed E-state index contributed by atoms with van der Waals surface area (Å²) in [7, 11) is 1.46. The molecule has 2 rings (SSSR count). The number of imide groups is 1.